The van der Waals surface area contributed by atoms with E-state index < -0.39 is 0 Å². The monoisotopic (exact) mass is 318 g/mol. The molecular weight excluding hydrogens is 288 g/mol. The van der Waals surface area contributed by atoms with E-state index in [0.29, 0.717) is 12.5 Å². The maximum atomic E-state index is 12.1. The van der Waals surface area contributed by atoms with Gasteiger partial charge in [-0.15, -0.1) is 0 Å². The second-order valence-corrected chi connectivity index (χ2v) is 6.79. The Bertz CT molecular complexity index is 524. The predicted molar refractivity (Wildman–Crippen MR) is 96.0 cm³/mol. The maximum absolute atomic E-state index is 12.1. The molecule has 0 aliphatic carbocycles. The van der Waals surface area contributed by atoms with Gasteiger partial charge in [-0.2, -0.15) is 0 Å². The Balaban J connectivity index is 1.72. The first-order valence-electron chi connectivity index (χ1n) is 8.47. The summed E-state index contributed by atoms with van der Waals surface area (Å²) in [6, 6.07) is 5.84. The van der Waals surface area contributed by atoms with Crippen LogP contribution in [0.25, 0.3) is 0 Å². The van der Waals surface area contributed by atoms with Crippen LogP contribution in [0.1, 0.15) is 18.1 Å². The second kappa shape index (κ2) is 8.31. The van der Waals surface area contributed by atoms with Gasteiger partial charge in [0.2, 0.25) is 0 Å². The number of urea groups is 1. The molecule has 2 rings (SSSR count). The lowest BCUT2D eigenvalue weighted by Crippen LogP contribution is -2.47. The van der Waals surface area contributed by atoms with Gasteiger partial charge in [0.25, 0.3) is 0 Å². The summed E-state index contributed by atoms with van der Waals surface area (Å²) in [5.74, 6) is 0.447. The molecule has 2 N–H and O–H groups in total. The Hall–Kier alpha value is -1.59. The van der Waals surface area contributed by atoms with E-state index in [9.17, 15) is 4.79 Å². The number of amides is 2. The molecule has 0 spiro atoms. The average molecular weight is 318 g/mol. The summed E-state index contributed by atoms with van der Waals surface area (Å²) in [6.07, 6.45) is 0. The SMILES string of the molecule is Cc1cccc(NC(=O)NCC(C)CN2CCN(C)CC2)c1C. The largest absolute Gasteiger partial charge is 0.338 e. The molecule has 1 aliphatic rings. The topological polar surface area (TPSA) is 47.6 Å². The quantitative estimate of drug-likeness (QED) is 0.876. The zero-order valence-corrected chi connectivity index (χ0v) is 14.9. The van der Waals surface area contributed by atoms with E-state index in [1.807, 2.05) is 19.1 Å². The van der Waals surface area contributed by atoms with Crippen molar-refractivity contribution in [2.24, 2.45) is 5.92 Å². The number of hydrogen-bond acceptors (Lipinski definition) is 3. The standard InChI is InChI=1S/C18H30N4O/c1-14(13-22-10-8-21(4)9-11-22)12-19-18(23)20-17-7-5-6-15(2)16(17)3/h5-7,14H,8-13H2,1-4H3,(H2,19,20,23). The Morgan fingerprint density at radius 1 is 1.22 bits per heavy atom. The molecule has 5 nitrogen and oxygen atoms in total. The van der Waals surface area contributed by atoms with Gasteiger partial charge in [0.05, 0.1) is 0 Å². The van der Waals surface area contributed by atoms with Gasteiger partial charge >= 0.3 is 6.03 Å². The maximum Gasteiger partial charge on any atom is 0.319 e. The average Bonchev–Trinajstić information content (AvgIpc) is 2.52. The molecule has 1 aromatic rings. The van der Waals surface area contributed by atoms with E-state index in [1.165, 1.54) is 5.56 Å². The highest BCUT2D eigenvalue weighted by Gasteiger charge is 2.16. The van der Waals surface area contributed by atoms with Crippen LogP contribution in [-0.4, -0.2) is 62.1 Å². The van der Waals surface area contributed by atoms with E-state index in [0.717, 1.165) is 44.0 Å². The van der Waals surface area contributed by atoms with Crippen LogP contribution in [0.15, 0.2) is 18.2 Å². The van der Waals surface area contributed by atoms with Crippen molar-refractivity contribution in [1.29, 1.82) is 0 Å². The molecule has 1 aromatic carbocycles. The second-order valence-electron chi connectivity index (χ2n) is 6.79. The van der Waals surface area contributed by atoms with E-state index in [-0.39, 0.29) is 6.03 Å². The van der Waals surface area contributed by atoms with Crippen molar-refractivity contribution in [3.63, 3.8) is 0 Å². The number of piperazine rings is 1. The molecule has 0 bridgehead atoms. The molecule has 1 heterocycles. The third kappa shape index (κ3) is 5.52. The minimum atomic E-state index is -0.121. The summed E-state index contributed by atoms with van der Waals surface area (Å²) in [5.41, 5.74) is 3.19. The van der Waals surface area contributed by atoms with Gasteiger partial charge in [-0.3, -0.25) is 0 Å². The minimum Gasteiger partial charge on any atom is -0.338 e. The van der Waals surface area contributed by atoms with E-state index in [1.54, 1.807) is 0 Å². The van der Waals surface area contributed by atoms with Crippen LogP contribution >= 0.6 is 0 Å². The Kier molecular flexibility index (Phi) is 6.42. The summed E-state index contributed by atoms with van der Waals surface area (Å²) in [6.45, 7) is 12.5. The lowest BCUT2D eigenvalue weighted by molar-refractivity contribution is 0.138. The third-order valence-corrected chi connectivity index (χ3v) is 4.63. The number of aryl methyl sites for hydroxylation is 1. The minimum absolute atomic E-state index is 0.121. The van der Waals surface area contributed by atoms with Crippen LogP contribution in [0.5, 0.6) is 0 Å². The molecule has 1 atom stereocenters. The zero-order valence-electron chi connectivity index (χ0n) is 14.9. The first-order valence-corrected chi connectivity index (χ1v) is 8.47. The molecule has 1 aliphatic heterocycles. The molecule has 0 aromatic heterocycles. The highest BCUT2D eigenvalue weighted by atomic mass is 16.2. The molecule has 1 fully saturated rings. The van der Waals surface area contributed by atoms with E-state index in [2.05, 4.69) is 47.4 Å². The van der Waals surface area contributed by atoms with Gasteiger partial charge < -0.3 is 20.4 Å². The van der Waals surface area contributed by atoms with Crippen LogP contribution in [0.3, 0.4) is 0 Å². The van der Waals surface area contributed by atoms with Gasteiger partial charge in [0, 0.05) is 45.0 Å². The summed E-state index contributed by atoms with van der Waals surface area (Å²) in [4.78, 5) is 16.9. The van der Waals surface area contributed by atoms with Gasteiger partial charge in [-0.05, 0) is 44.0 Å². The molecule has 1 unspecified atom stereocenters. The molecule has 0 saturated carbocycles. The Morgan fingerprint density at radius 3 is 2.61 bits per heavy atom. The van der Waals surface area contributed by atoms with Gasteiger partial charge in [0.1, 0.15) is 0 Å². The van der Waals surface area contributed by atoms with Crippen molar-refractivity contribution in [2.45, 2.75) is 20.8 Å². The predicted octanol–water partition coefficient (Wildman–Crippen LogP) is 2.31. The fourth-order valence-corrected chi connectivity index (χ4v) is 2.86. The highest BCUT2D eigenvalue weighted by molar-refractivity contribution is 5.90. The van der Waals surface area contributed by atoms with Gasteiger partial charge in [-0.25, -0.2) is 4.79 Å². The van der Waals surface area contributed by atoms with Gasteiger partial charge in [-0.1, -0.05) is 19.1 Å². The van der Waals surface area contributed by atoms with Gasteiger partial charge in [0.15, 0.2) is 0 Å². The molecule has 1 saturated heterocycles. The first kappa shape index (κ1) is 17.8. The number of hydrogen-bond donors (Lipinski definition) is 2. The summed E-state index contributed by atoms with van der Waals surface area (Å²) in [5, 5.41) is 5.93. The molecule has 0 radical (unpaired) electrons. The van der Waals surface area contributed by atoms with Crippen molar-refractivity contribution in [2.75, 3.05) is 51.6 Å². The normalized spacial score (nSPS) is 17.7. The van der Waals surface area contributed by atoms with Crippen molar-refractivity contribution < 1.29 is 4.79 Å². The number of nitrogens with one attached hydrogen (secondary N) is 2. The molecular formula is C18H30N4O. The molecule has 2 amide bonds. The molecule has 23 heavy (non-hydrogen) atoms. The van der Waals surface area contributed by atoms with E-state index in [4.69, 9.17) is 0 Å². The van der Waals surface area contributed by atoms with Crippen molar-refractivity contribution in [3.8, 4) is 0 Å². The number of benzene rings is 1. The lowest BCUT2D eigenvalue weighted by Gasteiger charge is -2.33. The smallest absolute Gasteiger partial charge is 0.319 e. The number of carbonyl (C=O) groups is 1. The Labute approximate surface area is 140 Å². The Morgan fingerprint density at radius 2 is 1.91 bits per heavy atom. The van der Waals surface area contributed by atoms with Crippen LogP contribution in [0.2, 0.25) is 0 Å². The van der Waals surface area contributed by atoms with Crippen molar-refractivity contribution in [3.05, 3.63) is 29.3 Å². The number of anilines is 1. The third-order valence-electron chi connectivity index (χ3n) is 4.63. The van der Waals surface area contributed by atoms with Crippen molar-refractivity contribution in [1.82, 2.24) is 15.1 Å². The summed E-state index contributed by atoms with van der Waals surface area (Å²) in [7, 11) is 2.17. The van der Waals surface area contributed by atoms with Crippen molar-refractivity contribution >= 4 is 11.7 Å². The number of nitrogens with zero attached hydrogens (tertiary/aromatic N) is 2. The fraction of sp³-hybridized carbons (Fsp3) is 0.611. The summed E-state index contributed by atoms with van der Waals surface area (Å²) >= 11 is 0. The molecule has 5 heteroatoms. The lowest BCUT2D eigenvalue weighted by atomic mass is 10.1. The van der Waals surface area contributed by atoms with Crippen LogP contribution in [0.4, 0.5) is 10.5 Å². The number of rotatable bonds is 5. The summed E-state index contributed by atoms with van der Waals surface area (Å²) < 4.78 is 0. The highest BCUT2D eigenvalue weighted by Crippen LogP contribution is 2.17. The van der Waals surface area contributed by atoms with Crippen LogP contribution in [-0.2, 0) is 0 Å². The number of carbonyl (C=O) groups excluding carboxylic acids is 1. The first-order chi connectivity index (χ1) is 11.0. The fourth-order valence-electron chi connectivity index (χ4n) is 2.86. The zero-order chi connectivity index (χ0) is 16.8. The number of likely N-dealkylation sites (N-methyl/N-ethyl adjacent to an activating group) is 1. The van der Waals surface area contributed by atoms with E-state index >= 15 is 0 Å². The van der Waals surface area contributed by atoms with Crippen LogP contribution in [0, 0.1) is 19.8 Å². The molecule has 128 valence electrons. The van der Waals surface area contributed by atoms with Crippen LogP contribution < -0.4 is 10.6 Å².